The maximum absolute atomic E-state index is 12.6. The third-order valence-corrected chi connectivity index (χ3v) is 3.27. The Balaban J connectivity index is 1.78. The summed E-state index contributed by atoms with van der Waals surface area (Å²) >= 11 is 0. The van der Waals surface area contributed by atoms with E-state index >= 15 is 0 Å². The van der Waals surface area contributed by atoms with Gasteiger partial charge >= 0.3 is 12.1 Å². The van der Waals surface area contributed by atoms with Gasteiger partial charge in [0.2, 0.25) is 5.91 Å². The van der Waals surface area contributed by atoms with E-state index in [9.17, 15) is 22.8 Å². The monoisotopic (exact) mass is 351 g/mol. The van der Waals surface area contributed by atoms with Crippen molar-refractivity contribution in [2.75, 3.05) is 5.32 Å². The fourth-order valence-electron chi connectivity index (χ4n) is 2.02. The van der Waals surface area contributed by atoms with Crippen LogP contribution in [0.1, 0.15) is 24.0 Å². The Morgan fingerprint density at radius 3 is 2.36 bits per heavy atom. The molecule has 0 fully saturated rings. The van der Waals surface area contributed by atoms with Gasteiger partial charge in [0.25, 0.3) is 0 Å². The minimum Gasteiger partial charge on any atom is -0.461 e. The van der Waals surface area contributed by atoms with Gasteiger partial charge in [0.05, 0.1) is 12.0 Å². The molecule has 0 radical (unpaired) electrons. The summed E-state index contributed by atoms with van der Waals surface area (Å²) in [5.74, 6) is -1.11. The van der Waals surface area contributed by atoms with Crippen LogP contribution < -0.4 is 5.32 Å². The molecule has 0 heterocycles. The summed E-state index contributed by atoms with van der Waals surface area (Å²) in [6.07, 6.45) is -4.82. The van der Waals surface area contributed by atoms with Gasteiger partial charge in [-0.3, -0.25) is 9.59 Å². The highest BCUT2D eigenvalue weighted by Gasteiger charge is 2.30. The molecule has 0 saturated heterocycles. The zero-order chi connectivity index (χ0) is 18.3. The molecule has 0 saturated carbocycles. The van der Waals surface area contributed by atoms with Gasteiger partial charge in [0.15, 0.2) is 0 Å². The predicted molar refractivity (Wildman–Crippen MR) is 85.5 cm³/mol. The summed E-state index contributed by atoms with van der Waals surface area (Å²) in [5, 5.41) is 2.34. The molecule has 7 heteroatoms. The Morgan fingerprint density at radius 1 is 0.960 bits per heavy atom. The average Bonchev–Trinajstić information content (AvgIpc) is 2.58. The lowest BCUT2D eigenvalue weighted by Crippen LogP contribution is -2.15. The number of hydrogen-bond acceptors (Lipinski definition) is 3. The van der Waals surface area contributed by atoms with Crippen LogP contribution in [0.15, 0.2) is 54.6 Å². The average molecular weight is 351 g/mol. The zero-order valence-electron chi connectivity index (χ0n) is 13.2. The summed E-state index contributed by atoms with van der Waals surface area (Å²) in [6, 6.07) is 13.4. The number of carbonyl (C=O) groups excluding carboxylic acids is 2. The van der Waals surface area contributed by atoms with E-state index in [1.165, 1.54) is 12.1 Å². The van der Waals surface area contributed by atoms with Crippen LogP contribution in [-0.2, 0) is 27.1 Å². The number of rotatable bonds is 6. The molecule has 0 atom stereocenters. The molecule has 0 aliphatic rings. The van der Waals surface area contributed by atoms with Crippen molar-refractivity contribution in [3.05, 3.63) is 65.7 Å². The maximum atomic E-state index is 12.6. The molecule has 0 spiro atoms. The molecule has 0 bridgehead atoms. The number of anilines is 1. The van der Waals surface area contributed by atoms with E-state index < -0.39 is 23.6 Å². The van der Waals surface area contributed by atoms with Crippen LogP contribution >= 0.6 is 0 Å². The predicted octanol–water partition coefficient (Wildman–Crippen LogP) is 4.17. The third-order valence-electron chi connectivity index (χ3n) is 3.27. The van der Waals surface area contributed by atoms with Crippen molar-refractivity contribution in [3.8, 4) is 0 Å². The first kappa shape index (κ1) is 18.5. The van der Waals surface area contributed by atoms with Crippen molar-refractivity contribution in [2.24, 2.45) is 0 Å². The Labute approximate surface area is 142 Å². The van der Waals surface area contributed by atoms with E-state index in [1.54, 1.807) is 12.1 Å². The van der Waals surface area contributed by atoms with E-state index in [1.807, 2.05) is 18.2 Å². The van der Waals surface area contributed by atoms with Crippen LogP contribution in [0.4, 0.5) is 18.9 Å². The standard InChI is InChI=1S/C18H16F3NO3/c19-18(20,21)14-7-4-8-15(11-14)22-16(23)9-10-17(24)25-12-13-5-2-1-3-6-13/h1-8,11H,9-10,12H2,(H,22,23). The van der Waals surface area contributed by atoms with Crippen LogP contribution in [0.2, 0.25) is 0 Å². The fourth-order valence-corrected chi connectivity index (χ4v) is 2.02. The minimum atomic E-state index is -4.48. The topological polar surface area (TPSA) is 55.4 Å². The fraction of sp³-hybridized carbons (Fsp3) is 0.222. The van der Waals surface area contributed by atoms with Crippen molar-refractivity contribution < 1.29 is 27.5 Å². The van der Waals surface area contributed by atoms with Crippen molar-refractivity contribution in [3.63, 3.8) is 0 Å². The summed E-state index contributed by atoms with van der Waals surface area (Å²) < 4.78 is 42.9. The van der Waals surface area contributed by atoms with Gasteiger partial charge < -0.3 is 10.1 Å². The number of alkyl halides is 3. The lowest BCUT2D eigenvalue weighted by atomic mass is 10.2. The smallest absolute Gasteiger partial charge is 0.416 e. The summed E-state index contributed by atoms with van der Waals surface area (Å²) in [7, 11) is 0. The molecule has 0 aliphatic heterocycles. The Morgan fingerprint density at radius 2 is 1.68 bits per heavy atom. The highest BCUT2D eigenvalue weighted by molar-refractivity contribution is 5.92. The molecule has 2 aromatic rings. The molecule has 4 nitrogen and oxygen atoms in total. The number of amides is 1. The molecule has 0 aromatic heterocycles. The second-order valence-electron chi connectivity index (χ2n) is 5.27. The van der Waals surface area contributed by atoms with Crippen molar-refractivity contribution in [2.45, 2.75) is 25.6 Å². The number of benzene rings is 2. The van der Waals surface area contributed by atoms with Gasteiger partial charge in [-0.25, -0.2) is 0 Å². The summed E-state index contributed by atoms with van der Waals surface area (Å²) in [6.45, 7) is 0.106. The molecule has 2 aromatic carbocycles. The van der Waals surface area contributed by atoms with Gasteiger partial charge in [-0.05, 0) is 23.8 Å². The van der Waals surface area contributed by atoms with E-state index in [4.69, 9.17) is 4.74 Å². The van der Waals surface area contributed by atoms with Gasteiger partial charge in [0, 0.05) is 12.1 Å². The number of esters is 1. The molecule has 1 N–H and O–H groups in total. The SMILES string of the molecule is O=C(CCC(=O)OCc1ccccc1)Nc1cccc(C(F)(F)F)c1. The van der Waals surface area contributed by atoms with Crippen molar-refractivity contribution >= 4 is 17.6 Å². The van der Waals surface area contributed by atoms with E-state index in [-0.39, 0.29) is 25.1 Å². The lowest BCUT2D eigenvalue weighted by molar-refractivity contribution is -0.145. The highest BCUT2D eigenvalue weighted by atomic mass is 19.4. The number of hydrogen-bond donors (Lipinski definition) is 1. The quantitative estimate of drug-likeness (QED) is 0.795. The first-order valence-electron chi connectivity index (χ1n) is 7.51. The number of halogens is 3. The minimum absolute atomic E-state index is 0.0254. The van der Waals surface area contributed by atoms with Gasteiger partial charge in [-0.2, -0.15) is 13.2 Å². The molecular weight excluding hydrogens is 335 g/mol. The Bertz CT molecular complexity index is 730. The largest absolute Gasteiger partial charge is 0.461 e. The molecule has 0 unspecified atom stereocenters. The second-order valence-corrected chi connectivity index (χ2v) is 5.27. The molecule has 2 rings (SSSR count). The molecule has 1 amide bonds. The van der Waals surface area contributed by atoms with E-state index in [0.717, 1.165) is 17.7 Å². The third kappa shape index (κ3) is 6.29. The van der Waals surface area contributed by atoms with Crippen LogP contribution in [0, 0.1) is 0 Å². The van der Waals surface area contributed by atoms with Crippen LogP contribution in [0.5, 0.6) is 0 Å². The lowest BCUT2D eigenvalue weighted by Gasteiger charge is -2.10. The van der Waals surface area contributed by atoms with Crippen LogP contribution in [0.25, 0.3) is 0 Å². The number of nitrogens with one attached hydrogen (secondary N) is 1. The number of carbonyl (C=O) groups is 2. The zero-order valence-corrected chi connectivity index (χ0v) is 13.2. The van der Waals surface area contributed by atoms with Crippen LogP contribution in [0.3, 0.4) is 0 Å². The summed E-state index contributed by atoms with van der Waals surface area (Å²) in [5.41, 5.74) is -0.00526. The Kier molecular flexibility index (Phi) is 6.16. The van der Waals surface area contributed by atoms with E-state index in [2.05, 4.69) is 5.32 Å². The second kappa shape index (κ2) is 8.32. The highest BCUT2D eigenvalue weighted by Crippen LogP contribution is 2.30. The van der Waals surface area contributed by atoms with Crippen LogP contribution in [-0.4, -0.2) is 11.9 Å². The van der Waals surface area contributed by atoms with Gasteiger partial charge in [-0.1, -0.05) is 36.4 Å². The maximum Gasteiger partial charge on any atom is 0.416 e. The van der Waals surface area contributed by atoms with Gasteiger partial charge in [0.1, 0.15) is 6.61 Å². The van der Waals surface area contributed by atoms with E-state index in [0.29, 0.717) is 0 Å². The molecular formula is C18H16F3NO3. The summed E-state index contributed by atoms with van der Waals surface area (Å²) in [4.78, 5) is 23.4. The first-order chi connectivity index (χ1) is 11.8. The Hall–Kier alpha value is -2.83. The van der Waals surface area contributed by atoms with Gasteiger partial charge in [-0.15, -0.1) is 0 Å². The molecule has 132 valence electrons. The van der Waals surface area contributed by atoms with Crippen molar-refractivity contribution in [1.29, 1.82) is 0 Å². The normalized spacial score (nSPS) is 11.0. The number of ether oxygens (including phenoxy) is 1. The van der Waals surface area contributed by atoms with Crippen molar-refractivity contribution in [1.82, 2.24) is 0 Å². The molecule has 0 aliphatic carbocycles. The first-order valence-corrected chi connectivity index (χ1v) is 7.51. The molecule has 25 heavy (non-hydrogen) atoms.